The summed E-state index contributed by atoms with van der Waals surface area (Å²) in [5.41, 5.74) is 13.0. The average molecular weight is 951 g/mol. The fraction of sp³-hybridized carbons (Fsp3) is 0.312. The molecule has 1 radical (unpaired) electrons. The Bertz CT molecular complexity index is 2350. The van der Waals surface area contributed by atoms with Crippen LogP contribution in [0.1, 0.15) is 74.4 Å². The largest absolute Gasteiger partial charge is 0.501 e. The number of benzene rings is 3. The summed E-state index contributed by atoms with van der Waals surface area (Å²) in [7, 11) is 0. The van der Waals surface area contributed by atoms with E-state index in [1.54, 1.807) is 0 Å². The normalized spacial score (nSPS) is 13.5. The number of aryl methyl sites for hydroxylation is 2. The molecule has 6 heteroatoms. The Kier molecular flexibility index (Phi) is 12.7. The maximum absolute atomic E-state index is 6.41. The first-order valence-corrected chi connectivity index (χ1v) is 26.6. The Labute approximate surface area is 338 Å². The van der Waals surface area contributed by atoms with Gasteiger partial charge in [0, 0.05) is 31.7 Å². The van der Waals surface area contributed by atoms with E-state index in [4.69, 9.17) is 14.4 Å². The summed E-state index contributed by atoms with van der Waals surface area (Å²) in [4.78, 5) is 14.0. The molecule has 0 unspecified atom stereocenters. The molecule has 1 aliphatic carbocycles. The van der Waals surface area contributed by atoms with Crippen molar-refractivity contribution in [3.8, 4) is 33.6 Å². The van der Waals surface area contributed by atoms with Crippen molar-refractivity contribution in [1.82, 2.24) is 15.0 Å². The fourth-order valence-corrected chi connectivity index (χ4v) is 11.2. The van der Waals surface area contributed by atoms with E-state index in [9.17, 15) is 0 Å². The van der Waals surface area contributed by atoms with Gasteiger partial charge in [-0.1, -0.05) is 84.3 Å². The van der Waals surface area contributed by atoms with Crippen LogP contribution in [0.3, 0.4) is 0 Å². The molecule has 0 amide bonds. The van der Waals surface area contributed by atoms with Gasteiger partial charge in [0.1, 0.15) is 5.58 Å². The Morgan fingerprint density at radius 1 is 0.796 bits per heavy atom. The first-order valence-electron chi connectivity index (χ1n) is 19.3. The summed E-state index contributed by atoms with van der Waals surface area (Å²) in [6, 6.07) is 36.4. The molecule has 0 bridgehead atoms. The van der Waals surface area contributed by atoms with E-state index in [-0.39, 0.29) is 20.1 Å². The number of hydrogen-bond acceptors (Lipinski definition) is 4. The smallest absolute Gasteiger partial charge is 0.121 e. The predicted octanol–water partition coefficient (Wildman–Crippen LogP) is 12.5. The molecule has 8 rings (SSSR count). The molecule has 1 fully saturated rings. The van der Waals surface area contributed by atoms with Crippen molar-refractivity contribution in [2.45, 2.75) is 89.4 Å². The summed E-state index contributed by atoms with van der Waals surface area (Å²) in [5.74, 6) is 8.61. The van der Waals surface area contributed by atoms with Crippen LogP contribution in [-0.2, 0) is 26.5 Å². The monoisotopic (exact) mass is 952 g/mol. The number of hydrogen-bond donors (Lipinski definition) is 0. The van der Waals surface area contributed by atoms with Crippen LogP contribution < -0.4 is 4.40 Å². The topological polar surface area (TPSA) is 51.8 Å². The van der Waals surface area contributed by atoms with E-state index in [2.05, 4.69) is 121 Å². The van der Waals surface area contributed by atoms with Gasteiger partial charge in [-0.15, -0.1) is 18.2 Å². The summed E-state index contributed by atoms with van der Waals surface area (Å²) in [5, 5.41) is 2.25. The van der Waals surface area contributed by atoms with Gasteiger partial charge in [-0.25, -0.2) is 0 Å². The number of aromatic nitrogens is 3. The predicted molar refractivity (Wildman–Crippen MR) is 224 cm³/mol. The van der Waals surface area contributed by atoms with Crippen LogP contribution in [0, 0.1) is 31.9 Å². The molecule has 0 spiro atoms. The standard InChI is InChI=1S/C29H24NO.C19H27GeN2.Ir/c1-3-8-20(9-4-1)22-14-15-24-25-12-7-13-26(29(25)31-28(24)19-22)27-18-23(16-17-30-27)21-10-5-2-6-11-21;1-13(2)10-16-11-19(21-12-18(16)20(5,6)7)17-9-8-14(3)22-15(17)4;/h1,3-4,7-9,12,14-19,21H,2,5-6,10-11H2;8,11-13H,10H2,1-7H3;/q2*-1;. The molecule has 0 N–H and O–H groups in total. The molecular formula is C48H51GeIrN3O-2. The summed E-state index contributed by atoms with van der Waals surface area (Å²) in [6.07, 6.45) is 11.8. The summed E-state index contributed by atoms with van der Waals surface area (Å²) in [6.45, 7) is 8.61. The molecule has 4 aromatic heterocycles. The van der Waals surface area contributed by atoms with E-state index in [1.165, 1.54) is 53.2 Å². The number of rotatable bonds is 7. The third-order valence-corrected chi connectivity index (χ3v) is 14.8. The first kappa shape index (κ1) is 39.8. The molecule has 279 valence electrons. The SMILES string of the molecule is Cc1c[c-]c(-c2cc(CC(C)C)[c]([Ge]([CH3])([CH3])[CH3])cn2)c(C)n1.[Ir].[c-]1ccc2c(oc3cc(-c4ccccc4)ccc32)c1-c1cc(C2CCCCC2)ccn1. The average Bonchev–Trinajstić information content (AvgIpc) is 3.53. The van der Waals surface area contributed by atoms with Crippen LogP contribution >= 0.6 is 0 Å². The molecule has 0 aliphatic heterocycles. The number of furan rings is 1. The maximum atomic E-state index is 6.41. The van der Waals surface area contributed by atoms with Crippen LogP contribution in [-0.4, -0.2) is 28.2 Å². The van der Waals surface area contributed by atoms with Crippen molar-refractivity contribution < 1.29 is 24.5 Å². The van der Waals surface area contributed by atoms with E-state index in [1.807, 2.05) is 38.2 Å². The maximum Gasteiger partial charge on any atom is 0.121 e. The summed E-state index contributed by atoms with van der Waals surface area (Å²) < 4.78 is 7.94. The van der Waals surface area contributed by atoms with Crippen molar-refractivity contribution >= 4 is 39.6 Å². The number of nitrogens with zero attached hydrogens (tertiary/aromatic N) is 3. The third-order valence-electron chi connectivity index (χ3n) is 10.5. The Balaban J connectivity index is 0.000000193. The van der Waals surface area contributed by atoms with Gasteiger partial charge in [-0.3, -0.25) is 0 Å². The second kappa shape index (κ2) is 17.3. The van der Waals surface area contributed by atoms with Crippen LogP contribution in [0.2, 0.25) is 17.3 Å². The van der Waals surface area contributed by atoms with Crippen LogP contribution in [0.5, 0.6) is 0 Å². The zero-order valence-corrected chi connectivity index (χ0v) is 37.2. The molecule has 4 nitrogen and oxygen atoms in total. The number of fused-ring (bicyclic) bond motifs is 3. The Hall–Kier alpha value is -3.90. The van der Waals surface area contributed by atoms with Gasteiger partial charge >= 0.3 is 138 Å². The zero-order chi connectivity index (χ0) is 37.1. The minimum absolute atomic E-state index is 0. The van der Waals surface area contributed by atoms with Gasteiger partial charge in [-0.2, -0.15) is 0 Å². The van der Waals surface area contributed by atoms with Gasteiger partial charge in [0.2, 0.25) is 0 Å². The summed E-state index contributed by atoms with van der Waals surface area (Å²) >= 11 is -1.90. The second-order valence-corrected chi connectivity index (χ2v) is 26.7. The second-order valence-electron chi connectivity index (χ2n) is 16.2. The van der Waals surface area contributed by atoms with Crippen LogP contribution in [0.4, 0.5) is 0 Å². The van der Waals surface area contributed by atoms with E-state index in [0.29, 0.717) is 11.8 Å². The number of pyridine rings is 3. The van der Waals surface area contributed by atoms with E-state index < -0.39 is 13.3 Å². The molecule has 54 heavy (non-hydrogen) atoms. The third kappa shape index (κ3) is 8.97. The van der Waals surface area contributed by atoms with Crippen LogP contribution in [0.25, 0.3) is 55.6 Å². The minimum atomic E-state index is -1.90. The van der Waals surface area contributed by atoms with Crippen molar-refractivity contribution in [1.29, 1.82) is 0 Å². The molecule has 1 saturated carbocycles. The molecule has 7 aromatic rings. The van der Waals surface area contributed by atoms with Gasteiger partial charge in [0.25, 0.3) is 0 Å². The molecule has 4 heterocycles. The molecule has 0 saturated heterocycles. The molecule has 3 aromatic carbocycles. The quantitative estimate of drug-likeness (QED) is 0.118. The van der Waals surface area contributed by atoms with Crippen molar-refractivity contribution in [2.24, 2.45) is 5.92 Å². The minimum Gasteiger partial charge on any atom is -0.501 e. The van der Waals surface area contributed by atoms with Crippen LogP contribution in [0.15, 0.2) is 102 Å². The van der Waals surface area contributed by atoms with E-state index >= 15 is 0 Å². The van der Waals surface area contributed by atoms with Crippen molar-refractivity contribution in [3.63, 3.8) is 0 Å². The Morgan fingerprint density at radius 3 is 2.28 bits per heavy atom. The Morgan fingerprint density at radius 2 is 1.56 bits per heavy atom. The van der Waals surface area contributed by atoms with Crippen molar-refractivity contribution in [2.75, 3.05) is 0 Å². The molecule has 0 atom stereocenters. The fourth-order valence-electron chi connectivity index (χ4n) is 7.83. The van der Waals surface area contributed by atoms with Gasteiger partial charge in [-0.05, 0) is 47.7 Å². The zero-order valence-electron chi connectivity index (χ0n) is 32.7. The molecule has 1 aliphatic rings. The van der Waals surface area contributed by atoms with Crippen molar-refractivity contribution in [3.05, 3.63) is 132 Å². The van der Waals surface area contributed by atoms with Gasteiger partial charge < -0.3 is 9.40 Å². The first-order chi connectivity index (χ1) is 25.5. The van der Waals surface area contributed by atoms with E-state index in [0.717, 1.165) is 67.8 Å². The van der Waals surface area contributed by atoms with Gasteiger partial charge in [0.15, 0.2) is 0 Å². The molecular weight excluding hydrogens is 899 g/mol. The van der Waals surface area contributed by atoms with Gasteiger partial charge in [0.05, 0.1) is 5.58 Å².